The molecule has 0 bridgehead atoms. The van der Waals surface area contributed by atoms with Gasteiger partial charge in [-0.1, -0.05) is 61.4 Å². The number of nitrogens with two attached hydrogens (primary N) is 1. The first-order valence-electron chi connectivity index (χ1n) is 12.2. The van der Waals surface area contributed by atoms with Crippen LogP contribution in [0.4, 0.5) is 5.69 Å². The Hall–Kier alpha value is -2.14. The predicted octanol–water partition coefficient (Wildman–Crippen LogP) is 6.49. The zero-order valence-corrected chi connectivity index (χ0v) is 21.3. The van der Waals surface area contributed by atoms with Gasteiger partial charge < -0.3 is 5.73 Å². The van der Waals surface area contributed by atoms with Gasteiger partial charge in [-0.25, -0.2) is 0 Å². The maximum Gasteiger partial charge on any atom is 0.169 e. The summed E-state index contributed by atoms with van der Waals surface area (Å²) in [6.07, 6.45) is 7.67. The lowest BCUT2D eigenvalue weighted by Gasteiger charge is -2.32. The second-order valence-corrected chi connectivity index (χ2v) is 9.60. The number of fused-ring (bicyclic) bond motifs is 2. The molecule has 2 N–H and O–H groups in total. The molecule has 6 heteroatoms. The monoisotopic (exact) mass is 499 g/mol. The second kappa shape index (κ2) is 12.0. The van der Waals surface area contributed by atoms with Crippen molar-refractivity contribution in [2.45, 2.75) is 51.5 Å². The summed E-state index contributed by atoms with van der Waals surface area (Å²) >= 11 is 0. The normalized spacial score (nSPS) is 18.7. The van der Waals surface area contributed by atoms with Gasteiger partial charge in [0.1, 0.15) is 0 Å². The zero-order chi connectivity index (χ0) is 21.9. The third kappa shape index (κ3) is 5.73. The van der Waals surface area contributed by atoms with E-state index < -0.39 is 0 Å². The summed E-state index contributed by atoms with van der Waals surface area (Å²) in [7, 11) is 0. The fourth-order valence-electron chi connectivity index (χ4n) is 5.60. The van der Waals surface area contributed by atoms with Gasteiger partial charge >= 0.3 is 0 Å². The third-order valence-corrected chi connectivity index (χ3v) is 7.48. The predicted molar refractivity (Wildman–Crippen MR) is 145 cm³/mol. The molecule has 1 atom stereocenters. The largest absolute Gasteiger partial charge is 0.398 e. The Balaban J connectivity index is 0.00000162. The van der Waals surface area contributed by atoms with Gasteiger partial charge in [0.15, 0.2) is 5.78 Å². The molecule has 4 nitrogen and oxygen atoms in total. The molecule has 1 saturated heterocycles. The number of pyridine rings is 1. The number of carbonyl (C=O) groups excluding carboxylic acids is 1. The van der Waals surface area contributed by atoms with Gasteiger partial charge in [-0.3, -0.25) is 14.7 Å². The molecule has 3 aromatic rings. The Morgan fingerprint density at radius 1 is 0.912 bits per heavy atom. The average Bonchev–Trinajstić information content (AvgIpc) is 2.82. The highest BCUT2D eigenvalue weighted by Crippen LogP contribution is 2.35. The Bertz CT molecular complexity index is 1100. The minimum Gasteiger partial charge on any atom is -0.398 e. The Kier molecular flexibility index (Phi) is 9.35. The van der Waals surface area contributed by atoms with E-state index in [4.69, 9.17) is 10.7 Å². The molecule has 182 valence electrons. The minimum atomic E-state index is 0. The van der Waals surface area contributed by atoms with Gasteiger partial charge in [-0.05, 0) is 62.7 Å². The number of benzene rings is 2. The van der Waals surface area contributed by atoms with Crippen LogP contribution < -0.4 is 5.73 Å². The number of anilines is 1. The molecule has 1 unspecified atom stereocenters. The van der Waals surface area contributed by atoms with Crippen LogP contribution in [0.2, 0.25) is 0 Å². The summed E-state index contributed by atoms with van der Waals surface area (Å²) in [4.78, 5) is 20.6. The van der Waals surface area contributed by atoms with Crippen molar-refractivity contribution >= 4 is 47.2 Å². The highest BCUT2D eigenvalue weighted by Gasteiger charge is 2.31. The Morgan fingerprint density at radius 2 is 1.62 bits per heavy atom. The highest BCUT2D eigenvalue weighted by molar-refractivity contribution is 6.10. The van der Waals surface area contributed by atoms with Crippen molar-refractivity contribution in [2.75, 3.05) is 18.8 Å². The number of piperidine rings is 1. The number of aromatic nitrogens is 1. The van der Waals surface area contributed by atoms with Crippen molar-refractivity contribution in [2.24, 2.45) is 11.8 Å². The number of hydrogen-bond acceptors (Lipinski definition) is 4. The molecule has 0 spiro atoms. The molecular weight excluding hydrogens is 465 g/mol. The molecule has 1 fully saturated rings. The quantitative estimate of drug-likeness (QED) is 0.421. The molecule has 1 aromatic heterocycles. The van der Waals surface area contributed by atoms with Crippen LogP contribution in [0.25, 0.3) is 10.9 Å². The van der Waals surface area contributed by atoms with Gasteiger partial charge in [0.25, 0.3) is 0 Å². The van der Waals surface area contributed by atoms with Gasteiger partial charge in [0.05, 0.1) is 22.5 Å². The van der Waals surface area contributed by atoms with Gasteiger partial charge in [-0.2, -0.15) is 0 Å². The van der Waals surface area contributed by atoms with Crippen molar-refractivity contribution in [1.29, 1.82) is 0 Å². The SMILES string of the molecule is Cl.Cl.Nc1c2c(nc3ccccc13)CCC(CCCC1CCN(Cc3ccccc3)CC1)C2=O. The number of ketones is 1. The summed E-state index contributed by atoms with van der Waals surface area (Å²) in [5, 5.41) is 0.905. The number of nitrogen functional groups attached to an aromatic ring is 1. The summed E-state index contributed by atoms with van der Waals surface area (Å²) < 4.78 is 0. The first-order chi connectivity index (χ1) is 15.7. The van der Waals surface area contributed by atoms with Crippen molar-refractivity contribution in [1.82, 2.24) is 9.88 Å². The number of para-hydroxylation sites is 1. The lowest BCUT2D eigenvalue weighted by molar-refractivity contribution is 0.0889. The number of carbonyl (C=O) groups is 1. The summed E-state index contributed by atoms with van der Waals surface area (Å²) in [6.45, 7) is 3.43. The van der Waals surface area contributed by atoms with E-state index in [1.54, 1.807) is 0 Å². The molecule has 1 aliphatic heterocycles. The second-order valence-electron chi connectivity index (χ2n) is 9.60. The summed E-state index contributed by atoms with van der Waals surface area (Å²) in [5.74, 6) is 1.12. The van der Waals surface area contributed by atoms with E-state index in [2.05, 4.69) is 35.2 Å². The van der Waals surface area contributed by atoms with Crippen LogP contribution >= 0.6 is 24.8 Å². The van der Waals surface area contributed by atoms with Crippen molar-refractivity contribution in [3.05, 3.63) is 71.4 Å². The van der Waals surface area contributed by atoms with Crippen LogP contribution in [0.15, 0.2) is 54.6 Å². The molecule has 2 heterocycles. The number of nitrogens with zero attached hydrogens (tertiary/aromatic N) is 2. The maximum absolute atomic E-state index is 13.3. The number of rotatable bonds is 6. The average molecular weight is 501 g/mol. The molecule has 34 heavy (non-hydrogen) atoms. The molecule has 1 aliphatic carbocycles. The zero-order valence-electron chi connectivity index (χ0n) is 19.6. The van der Waals surface area contributed by atoms with Crippen LogP contribution in [0.1, 0.15) is 60.1 Å². The highest BCUT2D eigenvalue weighted by atomic mass is 35.5. The molecule has 2 aliphatic rings. The summed E-state index contributed by atoms with van der Waals surface area (Å²) in [6, 6.07) is 18.7. The lowest BCUT2D eigenvalue weighted by Crippen LogP contribution is -2.33. The van der Waals surface area contributed by atoms with E-state index in [9.17, 15) is 4.79 Å². The topological polar surface area (TPSA) is 59.2 Å². The van der Waals surface area contributed by atoms with Crippen LogP contribution in [0, 0.1) is 11.8 Å². The molecule has 5 rings (SSSR count). The first-order valence-corrected chi connectivity index (χ1v) is 12.2. The van der Waals surface area contributed by atoms with E-state index in [0.29, 0.717) is 11.3 Å². The van der Waals surface area contributed by atoms with E-state index in [0.717, 1.165) is 54.7 Å². The third-order valence-electron chi connectivity index (χ3n) is 7.48. The van der Waals surface area contributed by atoms with Crippen LogP contribution in [-0.2, 0) is 13.0 Å². The van der Waals surface area contributed by atoms with E-state index >= 15 is 0 Å². The van der Waals surface area contributed by atoms with Crippen LogP contribution in [0.5, 0.6) is 0 Å². The molecule has 0 amide bonds. The van der Waals surface area contributed by atoms with Crippen LogP contribution in [0.3, 0.4) is 0 Å². The molecule has 0 saturated carbocycles. The van der Waals surface area contributed by atoms with Crippen LogP contribution in [-0.4, -0.2) is 28.8 Å². The van der Waals surface area contributed by atoms with E-state index in [1.807, 2.05) is 24.3 Å². The minimum absolute atomic E-state index is 0. The van der Waals surface area contributed by atoms with Crippen molar-refractivity contribution in [3.63, 3.8) is 0 Å². The lowest BCUT2D eigenvalue weighted by atomic mass is 9.80. The Labute approximate surface area is 215 Å². The maximum atomic E-state index is 13.3. The van der Waals surface area contributed by atoms with Gasteiger partial charge in [-0.15, -0.1) is 24.8 Å². The standard InChI is InChI=1S/C28H33N3O.2ClH/c29-27-23-11-4-5-12-24(23)30-25-14-13-22(28(32)26(25)27)10-6-9-20-15-17-31(18-16-20)19-21-7-2-1-3-8-21;;/h1-5,7-8,11-12,20,22H,6,9-10,13-19H2,(H2,29,30);2*1H. The number of Topliss-reactive ketones (excluding diaryl/α,β-unsaturated/α-hetero) is 1. The molecule has 2 aromatic carbocycles. The molecular formula is C28H35Cl2N3O. The first kappa shape index (κ1) is 26.5. The van der Waals surface area contributed by atoms with Crippen molar-refractivity contribution in [3.8, 4) is 0 Å². The number of halogens is 2. The van der Waals surface area contributed by atoms with Gasteiger partial charge in [0, 0.05) is 17.8 Å². The molecule has 0 radical (unpaired) electrons. The van der Waals surface area contributed by atoms with E-state index in [-0.39, 0.29) is 36.5 Å². The number of aryl methyl sites for hydroxylation is 1. The van der Waals surface area contributed by atoms with E-state index in [1.165, 1.54) is 37.9 Å². The number of hydrogen-bond donors (Lipinski definition) is 1. The summed E-state index contributed by atoms with van der Waals surface area (Å²) in [5.41, 5.74) is 11.0. The van der Waals surface area contributed by atoms with Crippen molar-refractivity contribution < 1.29 is 4.79 Å². The fraction of sp³-hybridized carbons (Fsp3) is 0.429. The Morgan fingerprint density at radius 3 is 2.38 bits per heavy atom. The van der Waals surface area contributed by atoms with Gasteiger partial charge in [0.2, 0.25) is 0 Å². The smallest absolute Gasteiger partial charge is 0.169 e. The number of likely N-dealkylation sites (tertiary alicyclic amines) is 1. The fourth-order valence-corrected chi connectivity index (χ4v) is 5.60.